The molecule has 1 aromatic rings. The summed E-state index contributed by atoms with van der Waals surface area (Å²) in [5.41, 5.74) is 5.77. The molecule has 1 unspecified atom stereocenters. The first kappa shape index (κ1) is 12.2. The third kappa shape index (κ3) is 2.11. The molecule has 2 rings (SSSR count). The van der Waals surface area contributed by atoms with Crippen LogP contribution in [-0.2, 0) is 0 Å². The number of nitrogen functional groups attached to an aromatic ring is 1. The molecule has 17 heavy (non-hydrogen) atoms. The van der Waals surface area contributed by atoms with Crippen molar-refractivity contribution in [3.05, 3.63) is 16.3 Å². The van der Waals surface area contributed by atoms with E-state index in [4.69, 9.17) is 5.73 Å². The number of aromatic nitrogens is 2. The predicted octanol–water partition coefficient (Wildman–Crippen LogP) is 2.08. The van der Waals surface area contributed by atoms with Gasteiger partial charge in [-0.3, -0.25) is 10.1 Å². The summed E-state index contributed by atoms with van der Waals surface area (Å²) < 4.78 is 1.62. The Balaban J connectivity index is 2.36. The van der Waals surface area contributed by atoms with E-state index in [2.05, 4.69) is 18.9 Å². The van der Waals surface area contributed by atoms with Gasteiger partial charge in [0.1, 0.15) is 6.20 Å². The van der Waals surface area contributed by atoms with Gasteiger partial charge in [0, 0.05) is 5.75 Å². The first-order valence-corrected chi connectivity index (χ1v) is 6.64. The van der Waals surface area contributed by atoms with Crippen molar-refractivity contribution < 1.29 is 4.92 Å². The maximum absolute atomic E-state index is 10.7. The van der Waals surface area contributed by atoms with Crippen molar-refractivity contribution in [2.24, 2.45) is 5.41 Å². The number of rotatable bonds is 2. The van der Waals surface area contributed by atoms with E-state index in [0.717, 1.165) is 17.9 Å². The molecule has 0 aromatic carbocycles. The van der Waals surface area contributed by atoms with Crippen LogP contribution in [0.4, 0.5) is 11.5 Å². The Morgan fingerprint density at radius 2 is 2.41 bits per heavy atom. The molecule has 1 aliphatic rings. The van der Waals surface area contributed by atoms with Gasteiger partial charge >= 0.3 is 5.69 Å². The van der Waals surface area contributed by atoms with Crippen LogP contribution in [0.2, 0.25) is 0 Å². The topological polar surface area (TPSA) is 87.0 Å². The van der Waals surface area contributed by atoms with Crippen molar-refractivity contribution >= 4 is 23.3 Å². The fourth-order valence-corrected chi connectivity index (χ4v) is 3.73. The first-order chi connectivity index (χ1) is 7.93. The van der Waals surface area contributed by atoms with Crippen LogP contribution in [0.25, 0.3) is 0 Å². The summed E-state index contributed by atoms with van der Waals surface area (Å²) >= 11 is 1.84. The van der Waals surface area contributed by atoms with Crippen molar-refractivity contribution in [1.82, 2.24) is 9.78 Å². The SMILES string of the molecule is CC1(C)CCSCC1n1ncc([N+](=O)[O-])c1N. The largest absolute Gasteiger partial charge is 0.378 e. The molecule has 1 saturated heterocycles. The molecule has 0 radical (unpaired) electrons. The summed E-state index contributed by atoms with van der Waals surface area (Å²) in [4.78, 5) is 10.3. The molecule has 1 atom stereocenters. The van der Waals surface area contributed by atoms with Crippen LogP contribution in [0, 0.1) is 15.5 Å². The average molecular weight is 256 g/mol. The van der Waals surface area contributed by atoms with Crippen molar-refractivity contribution in [3.63, 3.8) is 0 Å². The Morgan fingerprint density at radius 3 is 2.94 bits per heavy atom. The Morgan fingerprint density at radius 1 is 1.71 bits per heavy atom. The normalized spacial score (nSPS) is 23.5. The van der Waals surface area contributed by atoms with E-state index in [9.17, 15) is 10.1 Å². The quantitative estimate of drug-likeness (QED) is 0.646. The van der Waals surface area contributed by atoms with E-state index >= 15 is 0 Å². The number of nitrogens with two attached hydrogens (primary N) is 1. The summed E-state index contributed by atoms with van der Waals surface area (Å²) in [5, 5.41) is 14.8. The summed E-state index contributed by atoms with van der Waals surface area (Å²) in [6.45, 7) is 4.31. The molecule has 2 heterocycles. The van der Waals surface area contributed by atoms with Crippen LogP contribution in [0.15, 0.2) is 6.20 Å². The van der Waals surface area contributed by atoms with Crippen LogP contribution in [0.5, 0.6) is 0 Å². The molecule has 6 nitrogen and oxygen atoms in total. The standard InChI is InChI=1S/C10H16N4O2S/c1-10(2)3-4-17-6-8(10)13-9(11)7(5-12-13)14(15)16/h5,8H,3-4,6,11H2,1-2H3. The van der Waals surface area contributed by atoms with E-state index in [1.54, 1.807) is 4.68 Å². The zero-order valence-electron chi connectivity index (χ0n) is 9.92. The Hall–Kier alpha value is -1.24. The van der Waals surface area contributed by atoms with E-state index in [1.165, 1.54) is 6.20 Å². The van der Waals surface area contributed by atoms with Crippen LogP contribution < -0.4 is 5.73 Å². The van der Waals surface area contributed by atoms with Gasteiger partial charge in [0.15, 0.2) is 0 Å². The molecule has 0 aliphatic carbocycles. The number of nitrogens with zero attached hydrogens (tertiary/aromatic N) is 3. The molecule has 0 saturated carbocycles. The highest BCUT2D eigenvalue weighted by atomic mass is 32.2. The van der Waals surface area contributed by atoms with Gasteiger partial charge in [-0.05, 0) is 17.6 Å². The molecule has 0 spiro atoms. The molecule has 1 aliphatic heterocycles. The number of anilines is 1. The minimum absolute atomic E-state index is 0.0687. The molecule has 2 N–H and O–H groups in total. The van der Waals surface area contributed by atoms with E-state index in [1.807, 2.05) is 11.8 Å². The van der Waals surface area contributed by atoms with Gasteiger partial charge in [-0.25, -0.2) is 4.68 Å². The third-order valence-electron chi connectivity index (χ3n) is 3.37. The number of nitro groups is 1. The lowest BCUT2D eigenvalue weighted by molar-refractivity contribution is -0.384. The maximum Gasteiger partial charge on any atom is 0.330 e. The van der Waals surface area contributed by atoms with Gasteiger partial charge in [-0.1, -0.05) is 13.8 Å². The molecule has 7 heteroatoms. The van der Waals surface area contributed by atoms with Crippen molar-refractivity contribution in [2.75, 3.05) is 17.2 Å². The lowest BCUT2D eigenvalue weighted by Crippen LogP contribution is -2.34. The van der Waals surface area contributed by atoms with Crippen LogP contribution in [-0.4, -0.2) is 26.2 Å². The number of hydrogen-bond donors (Lipinski definition) is 1. The molecule has 0 amide bonds. The van der Waals surface area contributed by atoms with Gasteiger partial charge in [0.25, 0.3) is 0 Å². The van der Waals surface area contributed by atoms with Gasteiger partial charge in [-0.15, -0.1) is 0 Å². The predicted molar refractivity (Wildman–Crippen MR) is 68.1 cm³/mol. The average Bonchev–Trinajstić information content (AvgIpc) is 2.59. The molecular formula is C10H16N4O2S. The van der Waals surface area contributed by atoms with Crippen molar-refractivity contribution in [1.29, 1.82) is 0 Å². The zero-order chi connectivity index (χ0) is 12.6. The Bertz CT molecular complexity index is 444. The number of thioether (sulfide) groups is 1. The second-order valence-corrected chi connectivity index (χ2v) is 6.10. The molecule has 0 bridgehead atoms. The lowest BCUT2D eigenvalue weighted by Gasteiger charge is -2.38. The number of hydrogen-bond acceptors (Lipinski definition) is 5. The smallest absolute Gasteiger partial charge is 0.330 e. The van der Waals surface area contributed by atoms with Gasteiger partial charge in [0.2, 0.25) is 5.82 Å². The van der Waals surface area contributed by atoms with Gasteiger partial charge in [0.05, 0.1) is 11.0 Å². The zero-order valence-corrected chi connectivity index (χ0v) is 10.7. The molecular weight excluding hydrogens is 240 g/mol. The van der Waals surface area contributed by atoms with Crippen LogP contribution in [0.1, 0.15) is 26.3 Å². The summed E-state index contributed by atoms with van der Waals surface area (Å²) in [5.74, 6) is 2.18. The Kier molecular flexibility index (Phi) is 3.03. The maximum atomic E-state index is 10.7. The van der Waals surface area contributed by atoms with Crippen molar-refractivity contribution in [3.8, 4) is 0 Å². The van der Waals surface area contributed by atoms with E-state index in [-0.39, 0.29) is 23.0 Å². The third-order valence-corrected chi connectivity index (χ3v) is 4.42. The monoisotopic (exact) mass is 256 g/mol. The highest BCUT2D eigenvalue weighted by molar-refractivity contribution is 7.99. The summed E-state index contributed by atoms with van der Waals surface area (Å²) in [6, 6.07) is 0.120. The Labute approximate surface area is 104 Å². The summed E-state index contributed by atoms with van der Waals surface area (Å²) in [6.07, 6.45) is 2.31. The highest BCUT2D eigenvalue weighted by Crippen LogP contribution is 2.43. The minimum Gasteiger partial charge on any atom is -0.378 e. The molecule has 1 fully saturated rings. The molecule has 1 aromatic heterocycles. The lowest BCUT2D eigenvalue weighted by atomic mass is 9.82. The highest BCUT2D eigenvalue weighted by Gasteiger charge is 2.36. The van der Waals surface area contributed by atoms with Crippen molar-refractivity contribution in [2.45, 2.75) is 26.3 Å². The fraction of sp³-hybridized carbons (Fsp3) is 0.700. The van der Waals surface area contributed by atoms with E-state index < -0.39 is 4.92 Å². The second kappa shape index (κ2) is 4.21. The van der Waals surface area contributed by atoms with Crippen LogP contribution in [0.3, 0.4) is 0 Å². The molecule has 94 valence electrons. The van der Waals surface area contributed by atoms with Gasteiger partial charge < -0.3 is 5.73 Å². The van der Waals surface area contributed by atoms with Gasteiger partial charge in [-0.2, -0.15) is 16.9 Å². The second-order valence-electron chi connectivity index (χ2n) is 4.95. The van der Waals surface area contributed by atoms with Crippen LogP contribution >= 0.6 is 11.8 Å². The minimum atomic E-state index is -0.484. The fourth-order valence-electron chi connectivity index (χ4n) is 2.08. The van der Waals surface area contributed by atoms with E-state index in [0.29, 0.717) is 0 Å². The first-order valence-electron chi connectivity index (χ1n) is 5.48. The summed E-state index contributed by atoms with van der Waals surface area (Å²) in [7, 11) is 0.